The fourth-order valence-corrected chi connectivity index (χ4v) is 4.96. The van der Waals surface area contributed by atoms with E-state index in [0.717, 1.165) is 70.2 Å². The van der Waals surface area contributed by atoms with E-state index in [0.29, 0.717) is 44.3 Å². The van der Waals surface area contributed by atoms with Crippen molar-refractivity contribution in [3.05, 3.63) is 64.7 Å². The first kappa shape index (κ1) is 28.6. The molecule has 1 fully saturated rings. The summed E-state index contributed by atoms with van der Waals surface area (Å²) in [6, 6.07) is 14.6. The smallest absolute Gasteiger partial charge is 0.251 e. The third-order valence-corrected chi connectivity index (χ3v) is 7.21. The van der Waals surface area contributed by atoms with Crippen molar-refractivity contribution in [1.82, 2.24) is 15.1 Å². The number of carbonyl (C=O) groups is 1. The minimum absolute atomic E-state index is 0.0351. The second-order valence-corrected chi connectivity index (χ2v) is 10.8. The van der Waals surface area contributed by atoms with Gasteiger partial charge in [0.25, 0.3) is 5.91 Å². The molecule has 0 radical (unpaired) electrons. The average Bonchev–Trinajstić information content (AvgIpc) is 2.92. The van der Waals surface area contributed by atoms with Crippen molar-refractivity contribution in [1.29, 1.82) is 0 Å². The van der Waals surface area contributed by atoms with E-state index in [1.54, 1.807) is 0 Å². The molecule has 2 aliphatic rings. The molecule has 7 nitrogen and oxygen atoms in total. The van der Waals surface area contributed by atoms with Crippen LogP contribution in [-0.4, -0.2) is 88.0 Å². The summed E-state index contributed by atoms with van der Waals surface area (Å²) in [5.41, 5.74) is 4.23. The van der Waals surface area contributed by atoms with E-state index in [-0.39, 0.29) is 5.91 Å². The molecular weight excluding hydrogens is 478 g/mol. The summed E-state index contributed by atoms with van der Waals surface area (Å²) in [6.07, 6.45) is 2.82. The number of fused-ring (bicyclic) bond motifs is 3. The fourth-order valence-electron chi connectivity index (χ4n) is 4.96. The number of nitrogens with one attached hydrogen (secondary N) is 1. The number of hydrogen-bond donors (Lipinski definition) is 1. The standard InChI is InChI=1S/C31H45N3O4/c1-25(2)9-12-34-15-18-37-19-20-38-30-8-7-28(23-29(30)22-26-5-3-6-27(21-26)24-34)31(35)32-10-4-11-33-13-16-36-17-14-33/h3,5-8,21,23,25H,4,9-20,22,24H2,1-2H3,(H,32,35). The molecular formula is C31H45N3O4. The van der Waals surface area contributed by atoms with Gasteiger partial charge in [-0.05, 0) is 66.7 Å². The lowest BCUT2D eigenvalue weighted by molar-refractivity contribution is 0.0374. The number of morpholine rings is 1. The molecule has 1 N–H and O–H groups in total. The number of nitrogens with zero attached hydrogens (tertiary/aromatic N) is 2. The van der Waals surface area contributed by atoms with E-state index in [9.17, 15) is 4.79 Å². The summed E-state index contributed by atoms with van der Waals surface area (Å²) < 4.78 is 17.4. The van der Waals surface area contributed by atoms with Gasteiger partial charge in [-0.2, -0.15) is 0 Å². The van der Waals surface area contributed by atoms with Crippen LogP contribution in [0, 0.1) is 5.92 Å². The predicted octanol–water partition coefficient (Wildman–Crippen LogP) is 3.99. The maximum atomic E-state index is 13.0. The van der Waals surface area contributed by atoms with Crippen molar-refractivity contribution < 1.29 is 19.0 Å². The molecule has 2 heterocycles. The van der Waals surface area contributed by atoms with Gasteiger partial charge in [-0.3, -0.25) is 14.6 Å². The number of carbonyl (C=O) groups excluding carboxylic acids is 1. The second-order valence-electron chi connectivity index (χ2n) is 10.8. The minimum atomic E-state index is -0.0351. The highest BCUT2D eigenvalue weighted by molar-refractivity contribution is 5.94. The molecule has 0 spiro atoms. The quantitative estimate of drug-likeness (QED) is 0.528. The summed E-state index contributed by atoms with van der Waals surface area (Å²) in [5.74, 6) is 1.46. The molecule has 1 amide bonds. The van der Waals surface area contributed by atoms with E-state index >= 15 is 0 Å². The van der Waals surface area contributed by atoms with Crippen LogP contribution in [0.4, 0.5) is 0 Å². The summed E-state index contributed by atoms with van der Waals surface area (Å²) in [6.45, 7) is 14.4. The molecule has 0 saturated carbocycles. The van der Waals surface area contributed by atoms with Crippen LogP contribution in [0.2, 0.25) is 0 Å². The first-order valence-electron chi connectivity index (χ1n) is 14.3. The highest BCUT2D eigenvalue weighted by atomic mass is 16.5. The van der Waals surface area contributed by atoms with Crippen molar-refractivity contribution >= 4 is 5.91 Å². The lowest BCUT2D eigenvalue weighted by atomic mass is 9.99. The van der Waals surface area contributed by atoms with Crippen molar-refractivity contribution in [2.45, 2.75) is 39.7 Å². The Labute approximate surface area is 228 Å². The zero-order valence-corrected chi connectivity index (χ0v) is 23.3. The third-order valence-electron chi connectivity index (χ3n) is 7.21. The molecule has 208 valence electrons. The van der Waals surface area contributed by atoms with Gasteiger partial charge in [-0.15, -0.1) is 0 Å². The number of hydrogen-bond acceptors (Lipinski definition) is 6. The van der Waals surface area contributed by atoms with Gasteiger partial charge in [-0.25, -0.2) is 0 Å². The van der Waals surface area contributed by atoms with Gasteiger partial charge in [0.15, 0.2) is 0 Å². The second kappa shape index (κ2) is 15.2. The minimum Gasteiger partial charge on any atom is -0.491 e. The van der Waals surface area contributed by atoms with Gasteiger partial charge in [0.1, 0.15) is 12.4 Å². The normalized spacial score (nSPS) is 17.9. The maximum Gasteiger partial charge on any atom is 0.251 e. The van der Waals surface area contributed by atoms with Crippen LogP contribution in [0.25, 0.3) is 0 Å². The Morgan fingerprint density at radius 1 is 0.895 bits per heavy atom. The molecule has 0 unspecified atom stereocenters. The topological polar surface area (TPSA) is 63.3 Å². The lowest BCUT2D eigenvalue weighted by Crippen LogP contribution is -2.38. The van der Waals surface area contributed by atoms with E-state index < -0.39 is 0 Å². The Morgan fingerprint density at radius 3 is 2.47 bits per heavy atom. The van der Waals surface area contributed by atoms with Crippen LogP contribution in [-0.2, 0) is 22.4 Å². The Bertz CT molecular complexity index is 1010. The highest BCUT2D eigenvalue weighted by Gasteiger charge is 2.14. The maximum absolute atomic E-state index is 13.0. The monoisotopic (exact) mass is 523 g/mol. The molecule has 0 atom stereocenters. The Balaban J connectivity index is 1.42. The van der Waals surface area contributed by atoms with Gasteiger partial charge in [0.2, 0.25) is 0 Å². The van der Waals surface area contributed by atoms with Crippen LogP contribution in [0.3, 0.4) is 0 Å². The predicted molar refractivity (Wildman–Crippen MR) is 151 cm³/mol. The Kier molecular flexibility index (Phi) is 11.4. The van der Waals surface area contributed by atoms with Gasteiger partial charge >= 0.3 is 0 Å². The summed E-state index contributed by atoms with van der Waals surface area (Å²) >= 11 is 0. The average molecular weight is 524 g/mol. The van der Waals surface area contributed by atoms with Crippen molar-refractivity contribution in [3.63, 3.8) is 0 Å². The number of ether oxygens (including phenoxy) is 3. The molecule has 2 aromatic carbocycles. The molecule has 2 aliphatic heterocycles. The molecule has 2 aromatic rings. The van der Waals surface area contributed by atoms with E-state index in [1.807, 2.05) is 18.2 Å². The van der Waals surface area contributed by atoms with Crippen molar-refractivity contribution in [2.75, 3.05) is 72.3 Å². The third kappa shape index (κ3) is 9.38. The first-order valence-corrected chi connectivity index (χ1v) is 14.3. The number of amides is 1. The van der Waals surface area contributed by atoms with E-state index in [2.05, 4.69) is 53.2 Å². The summed E-state index contributed by atoms with van der Waals surface area (Å²) in [5, 5.41) is 3.10. The van der Waals surface area contributed by atoms with Gasteiger partial charge < -0.3 is 19.5 Å². The number of rotatable bonds is 8. The molecule has 4 rings (SSSR count). The zero-order chi connectivity index (χ0) is 26.6. The summed E-state index contributed by atoms with van der Waals surface area (Å²) in [4.78, 5) is 17.8. The fraction of sp³-hybridized carbons (Fsp3) is 0.581. The molecule has 0 aliphatic carbocycles. The van der Waals surface area contributed by atoms with E-state index in [4.69, 9.17) is 14.2 Å². The number of benzene rings is 2. The first-order chi connectivity index (χ1) is 18.6. The van der Waals surface area contributed by atoms with Gasteiger partial charge in [-0.1, -0.05) is 38.1 Å². The van der Waals surface area contributed by atoms with Gasteiger partial charge in [0, 0.05) is 44.7 Å². The van der Waals surface area contributed by atoms with Crippen LogP contribution in [0.15, 0.2) is 42.5 Å². The highest BCUT2D eigenvalue weighted by Crippen LogP contribution is 2.25. The zero-order valence-electron chi connectivity index (χ0n) is 23.3. The molecule has 2 bridgehead atoms. The SMILES string of the molecule is CC(C)CCN1CCOCCOc2ccc(C(=O)NCCCN3CCOCC3)cc2Cc2cccc(c2)C1. The largest absolute Gasteiger partial charge is 0.491 e. The molecule has 7 heteroatoms. The molecule has 38 heavy (non-hydrogen) atoms. The molecule has 0 aromatic heterocycles. The van der Waals surface area contributed by atoms with Gasteiger partial charge in [0.05, 0.1) is 26.4 Å². The van der Waals surface area contributed by atoms with Crippen molar-refractivity contribution in [2.24, 2.45) is 5.92 Å². The van der Waals surface area contributed by atoms with Crippen molar-refractivity contribution in [3.8, 4) is 5.75 Å². The Morgan fingerprint density at radius 2 is 1.66 bits per heavy atom. The van der Waals surface area contributed by atoms with Crippen LogP contribution in [0.5, 0.6) is 5.75 Å². The van der Waals surface area contributed by atoms with E-state index in [1.165, 1.54) is 17.5 Å². The Hall–Kier alpha value is -2.45. The molecule has 1 saturated heterocycles. The van der Waals surface area contributed by atoms with Crippen LogP contribution < -0.4 is 10.1 Å². The van der Waals surface area contributed by atoms with Crippen LogP contribution in [0.1, 0.15) is 53.7 Å². The lowest BCUT2D eigenvalue weighted by Gasteiger charge is -2.26. The summed E-state index contributed by atoms with van der Waals surface area (Å²) in [7, 11) is 0. The van der Waals surface area contributed by atoms with Crippen LogP contribution >= 0.6 is 0 Å².